The van der Waals surface area contributed by atoms with Crippen LogP contribution in [-0.4, -0.2) is 49.3 Å². The fourth-order valence-corrected chi connectivity index (χ4v) is 4.16. The Labute approximate surface area is 180 Å². The summed E-state index contributed by atoms with van der Waals surface area (Å²) in [5, 5.41) is 6.57. The second kappa shape index (κ2) is 10.4. The Hall–Kier alpha value is -2.60. The molecule has 1 aromatic carbocycles. The third-order valence-corrected chi connectivity index (χ3v) is 5.89. The molecule has 0 radical (unpaired) electrons. The molecule has 1 saturated heterocycles. The van der Waals surface area contributed by atoms with Gasteiger partial charge in [-0.1, -0.05) is 25.3 Å². The number of rotatable bonds is 9. The molecule has 6 heteroatoms. The summed E-state index contributed by atoms with van der Waals surface area (Å²) in [7, 11) is 0. The molecule has 1 aliphatic heterocycles. The number of allylic oxidation sites excluding steroid dienone is 1. The summed E-state index contributed by atoms with van der Waals surface area (Å²) < 4.78 is 5.62. The Morgan fingerprint density at radius 2 is 2.27 bits per heavy atom. The molecule has 1 aliphatic carbocycles. The molecule has 0 unspecified atom stereocenters. The summed E-state index contributed by atoms with van der Waals surface area (Å²) in [6.45, 7) is 14.8. The zero-order valence-corrected chi connectivity index (χ0v) is 18.2. The number of hydrogen-bond donors (Lipinski definition) is 2. The number of nitrogens with one attached hydrogen (secondary N) is 2. The lowest BCUT2D eigenvalue weighted by molar-refractivity contribution is -0.123. The molecule has 3 atom stereocenters. The zero-order valence-electron chi connectivity index (χ0n) is 18.2. The van der Waals surface area contributed by atoms with E-state index in [9.17, 15) is 4.79 Å². The van der Waals surface area contributed by atoms with Crippen molar-refractivity contribution in [2.24, 2.45) is 10.9 Å². The van der Waals surface area contributed by atoms with Gasteiger partial charge in [0.05, 0.1) is 13.2 Å². The van der Waals surface area contributed by atoms with Crippen molar-refractivity contribution in [1.29, 1.82) is 0 Å². The Balaban J connectivity index is 1.48. The summed E-state index contributed by atoms with van der Waals surface area (Å²) in [4.78, 5) is 17.9. The highest BCUT2D eigenvalue weighted by atomic mass is 16.5. The van der Waals surface area contributed by atoms with Crippen LogP contribution in [0.2, 0.25) is 0 Å². The maximum atomic E-state index is 11.5. The van der Waals surface area contributed by atoms with Gasteiger partial charge in [-0.2, -0.15) is 0 Å². The minimum Gasteiger partial charge on any atom is -0.494 e. The largest absolute Gasteiger partial charge is 0.494 e. The molecule has 1 heterocycles. The van der Waals surface area contributed by atoms with Gasteiger partial charge < -0.3 is 20.3 Å². The molecule has 2 fully saturated rings. The minimum atomic E-state index is 0.0158. The van der Waals surface area contributed by atoms with Crippen LogP contribution in [0.4, 0.5) is 0 Å². The van der Waals surface area contributed by atoms with E-state index in [4.69, 9.17) is 4.74 Å². The first-order valence-corrected chi connectivity index (χ1v) is 10.9. The summed E-state index contributed by atoms with van der Waals surface area (Å²) in [6.07, 6.45) is 5.11. The summed E-state index contributed by atoms with van der Waals surface area (Å²) in [5.74, 6) is 1.98. The third kappa shape index (κ3) is 5.95. The molecule has 3 rings (SSSR count). The van der Waals surface area contributed by atoms with Gasteiger partial charge in [0.1, 0.15) is 11.6 Å². The Morgan fingerprint density at radius 3 is 3.03 bits per heavy atom. The van der Waals surface area contributed by atoms with Crippen LogP contribution in [0.5, 0.6) is 5.75 Å². The quantitative estimate of drug-likeness (QED) is 0.612. The highest BCUT2D eigenvalue weighted by Gasteiger charge is 2.27. The minimum absolute atomic E-state index is 0.0158. The maximum absolute atomic E-state index is 11.5. The maximum Gasteiger partial charge on any atom is 0.239 e. The van der Waals surface area contributed by atoms with Crippen LogP contribution < -0.4 is 15.4 Å². The summed E-state index contributed by atoms with van der Waals surface area (Å²) in [5.41, 5.74) is 2.28. The van der Waals surface area contributed by atoms with Crippen molar-refractivity contribution < 1.29 is 9.53 Å². The topological polar surface area (TPSA) is 66.0 Å². The Kier molecular flexibility index (Phi) is 7.69. The van der Waals surface area contributed by atoms with Crippen molar-refractivity contribution in [3.63, 3.8) is 0 Å². The van der Waals surface area contributed by atoms with Gasteiger partial charge >= 0.3 is 0 Å². The second-order valence-electron chi connectivity index (χ2n) is 8.12. The highest BCUT2D eigenvalue weighted by Crippen LogP contribution is 2.32. The predicted octanol–water partition coefficient (Wildman–Crippen LogP) is 3.43. The van der Waals surface area contributed by atoms with Crippen molar-refractivity contribution in [3.05, 3.63) is 54.4 Å². The molecular weight excluding hydrogens is 376 g/mol. The van der Waals surface area contributed by atoms with Crippen LogP contribution >= 0.6 is 0 Å². The average molecular weight is 411 g/mol. The molecule has 1 saturated carbocycles. The van der Waals surface area contributed by atoms with Crippen molar-refractivity contribution in [2.75, 3.05) is 26.2 Å². The fourth-order valence-electron chi connectivity index (χ4n) is 4.16. The van der Waals surface area contributed by atoms with Crippen LogP contribution in [0.15, 0.2) is 53.8 Å². The van der Waals surface area contributed by atoms with Gasteiger partial charge in [-0.3, -0.25) is 4.79 Å². The molecule has 6 nitrogen and oxygen atoms in total. The van der Waals surface area contributed by atoms with Gasteiger partial charge in [0.25, 0.3) is 0 Å². The van der Waals surface area contributed by atoms with Gasteiger partial charge in [0.2, 0.25) is 5.91 Å². The van der Waals surface area contributed by atoms with E-state index >= 15 is 0 Å². The molecule has 1 aromatic rings. The monoisotopic (exact) mass is 410 g/mol. The molecule has 162 valence electrons. The van der Waals surface area contributed by atoms with Crippen molar-refractivity contribution in [1.82, 2.24) is 15.5 Å². The molecule has 1 amide bonds. The van der Waals surface area contributed by atoms with Gasteiger partial charge in [-0.15, -0.1) is 0 Å². The standard InChI is InChI=1S/C24H34N4O2/c1-5-30-23-8-6-7-21(14-23)18(3)27-22-10-9-20(13-22)17(2)15-26-19(4)28-12-11-25-24(29)16-28/h6-8,14-15,18,20,22,27H,2,4-5,9-13,16H2,1,3H3,(H,25,29)/b26-15-/t18-,20-,22+/m1/s1. The molecule has 2 N–H and O–H groups in total. The van der Waals surface area contributed by atoms with Crippen LogP contribution in [-0.2, 0) is 4.79 Å². The van der Waals surface area contributed by atoms with Crippen LogP contribution in [0.3, 0.4) is 0 Å². The average Bonchev–Trinajstić information content (AvgIpc) is 3.21. The lowest BCUT2D eigenvalue weighted by Crippen LogP contribution is -2.46. The Bertz CT molecular complexity index is 804. The second-order valence-corrected chi connectivity index (χ2v) is 8.12. The third-order valence-electron chi connectivity index (χ3n) is 5.89. The van der Waals surface area contributed by atoms with E-state index in [1.807, 2.05) is 30.2 Å². The first kappa shape index (κ1) is 22.1. The number of benzene rings is 1. The molecule has 0 aromatic heterocycles. The van der Waals surface area contributed by atoms with E-state index in [-0.39, 0.29) is 11.9 Å². The van der Waals surface area contributed by atoms with Crippen LogP contribution in [0.25, 0.3) is 0 Å². The SMILES string of the molecule is C=C(/C=N\C(=C)N1CCNC(=O)C1)[C@@H]1CC[C@H](N[C@H](C)c2cccc(OCC)c2)C1. The van der Waals surface area contributed by atoms with E-state index in [0.29, 0.717) is 37.5 Å². The van der Waals surface area contributed by atoms with Gasteiger partial charge in [0, 0.05) is 31.4 Å². The molecule has 30 heavy (non-hydrogen) atoms. The van der Waals surface area contributed by atoms with E-state index in [0.717, 1.165) is 37.1 Å². The normalized spacial score (nSPS) is 22.7. The van der Waals surface area contributed by atoms with Crippen molar-refractivity contribution >= 4 is 12.1 Å². The number of ether oxygens (including phenoxy) is 1. The van der Waals surface area contributed by atoms with E-state index < -0.39 is 0 Å². The van der Waals surface area contributed by atoms with Gasteiger partial charge in [0.15, 0.2) is 0 Å². The predicted molar refractivity (Wildman–Crippen MR) is 122 cm³/mol. The Morgan fingerprint density at radius 1 is 1.43 bits per heavy atom. The molecule has 0 bridgehead atoms. The van der Waals surface area contributed by atoms with Crippen molar-refractivity contribution in [2.45, 2.75) is 45.2 Å². The highest BCUT2D eigenvalue weighted by molar-refractivity contribution is 5.80. The zero-order chi connectivity index (χ0) is 21.5. The molecule has 0 spiro atoms. The lowest BCUT2D eigenvalue weighted by Gasteiger charge is -2.27. The summed E-state index contributed by atoms with van der Waals surface area (Å²) in [6, 6.07) is 9.03. The van der Waals surface area contributed by atoms with Gasteiger partial charge in [-0.25, -0.2) is 4.99 Å². The number of piperazine rings is 1. The van der Waals surface area contributed by atoms with E-state index in [2.05, 4.69) is 47.8 Å². The fraction of sp³-hybridized carbons (Fsp3) is 0.500. The number of carbonyl (C=O) groups is 1. The number of carbonyl (C=O) groups excluding carboxylic acids is 1. The van der Waals surface area contributed by atoms with Crippen LogP contribution in [0, 0.1) is 5.92 Å². The molecule has 2 aliphatic rings. The van der Waals surface area contributed by atoms with E-state index in [1.165, 1.54) is 5.56 Å². The van der Waals surface area contributed by atoms with Gasteiger partial charge in [-0.05, 0) is 62.3 Å². The van der Waals surface area contributed by atoms with E-state index in [1.54, 1.807) is 0 Å². The smallest absolute Gasteiger partial charge is 0.239 e. The lowest BCUT2D eigenvalue weighted by atomic mass is 9.99. The number of nitrogens with zero attached hydrogens (tertiary/aromatic N) is 2. The first-order chi connectivity index (χ1) is 14.5. The first-order valence-electron chi connectivity index (χ1n) is 10.9. The summed E-state index contributed by atoms with van der Waals surface area (Å²) >= 11 is 0. The number of amides is 1. The van der Waals surface area contributed by atoms with Crippen molar-refractivity contribution in [3.8, 4) is 5.75 Å². The van der Waals surface area contributed by atoms with Crippen LogP contribution in [0.1, 0.15) is 44.7 Å². The number of aliphatic imine (C=N–C) groups is 1. The number of hydrogen-bond acceptors (Lipinski definition) is 5. The molecular formula is C24H34N4O2.